The van der Waals surface area contributed by atoms with Crippen LogP contribution in [0.15, 0.2) is 47.4 Å². The number of nitrogens with zero attached hydrogens (tertiary/aromatic N) is 1. The average molecular weight is 426 g/mol. The van der Waals surface area contributed by atoms with E-state index in [1.807, 2.05) is 18.2 Å². The molecule has 6 nitrogen and oxygen atoms in total. The number of halogens is 2. The van der Waals surface area contributed by atoms with Crippen molar-refractivity contribution in [1.82, 2.24) is 0 Å². The molecule has 0 amide bonds. The van der Waals surface area contributed by atoms with Gasteiger partial charge in [-0.05, 0) is 37.1 Å². The topological polar surface area (TPSA) is 67.9 Å². The third-order valence-corrected chi connectivity index (χ3v) is 6.38. The summed E-state index contributed by atoms with van der Waals surface area (Å²) in [6.07, 6.45) is 1.74. The van der Waals surface area contributed by atoms with Crippen LogP contribution in [0, 0.1) is 0 Å². The molecule has 1 saturated heterocycles. The molecule has 1 heterocycles. The van der Waals surface area contributed by atoms with Gasteiger partial charge in [0.2, 0.25) is 9.84 Å². The fourth-order valence-corrected chi connectivity index (χ4v) is 4.08. The molecule has 0 radical (unpaired) electrons. The van der Waals surface area contributed by atoms with E-state index in [-0.39, 0.29) is 10.9 Å². The molecule has 2 aromatic carbocycles. The summed E-state index contributed by atoms with van der Waals surface area (Å²) in [5, 5.41) is 3.49. The quantitative estimate of drug-likeness (QED) is 0.727. The van der Waals surface area contributed by atoms with E-state index in [2.05, 4.69) is 10.2 Å². The van der Waals surface area contributed by atoms with Crippen LogP contribution >= 0.6 is 0 Å². The predicted molar refractivity (Wildman–Crippen MR) is 108 cm³/mol. The van der Waals surface area contributed by atoms with Gasteiger partial charge in [-0.2, -0.15) is 8.78 Å². The van der Waals surface area contributed by atoms with Gasteiger partial charge < -0.3 is 19.7 Å². The van der Waals surface area contributed by atoms with Gasteiger partial charge in [0.05, 0.1) is 19.1 Å². The lowest BCUT2D eigenvalue weighted by Gasteiger charge is -2.34. The number of ether oxygens (including phenoxy) is 2. The number of nitrogens with one attached hydrogen (secondary N) is 1. The lowest BCUT2D eigenvalue weighted by Crippen LogP contribution is -2.39. The van der Waals surface area contributed by atoms with Crippen molar-refractivity contribution in [2.45, 2.75) is 29.5 Å². The standard InChI is InChI=1S/C20H24F2N2O4S/c1-27-17-11-15(12-18(13-17)28-2)23-14-7-9-24(10-8-14)16-3-5-19(6-4-16)29(25,26)20(21)22/h3-6,11-14,20,23H,7-10H2,1-2H3. The molecule has 0 bridgehead atoms. The van der Waals surface area contributed by atoms with Crippen molar-refractivity contribution in [3.8, 4) is 11.5 Å². The molecule has 1 N–H and O–H groups in total. The van der Waals surface area contributed by atoms with Crippen molar-refractivity contribution in [3.05, 3.63) is 42.5 Å². The number of benzene rings is 2. The number of piperidine rings is 1. The van der Waals surface area contributed by atoms with Crippen LogP contribution in [0.3, 0.4) is 0 Å². The maximum absolute atomic E-state index is 12.6. The van der Waals surface area contributed by atoms with Gasteiger partial charge in [-0.25, -0.2) is 8.42 Å². The van der Waals surface area contributed by atoms with Crippen LogP contribution in [-0.2, 0) is 9.84 Å². The molecule has 0 aromatic heterocycles. The van der Waals surface area contributed by atoms with Gasteiger partial charge in [-0.1, -0.05) is 0 Å². The number of rotatable bonds is 7. The van der Waals surface area contributed by atoms with E-state index in [0.29, 0.717) is 11.5 Å². The number of alkyl halides is 2. The van der Waals surface area contributed by atoms with Crippen LogP contribution in [0.25, 0.3) is 0 Å². The summed E-state index contributed by atoms with van der Waals surface area (Å²) in [5.41, 5.74) is 1.74. The Labute approximate surface area is 169 Å². The number of methoxy groups -OCH3 is 2. The fourth-order valence-electron chi connectivity index (χ4n) is 3.36. The van der Waals surface area contributed by atoms with Crippen LogP contribution in [-0.4, -0.2) is 47.5 Å². The lowest BCUT2D eigenvalue weighted by atomic mass is 10.0. The molecule has 3 rings (SSSR count). The van der Waals surface area contributed by atoms with E-state index >= 15 is 0 Å². The smallest absolute Gasteiger partial charge is 0.341 e. The molecule has 0 unspecified atom stereocenters. The van der Waals surface area contributed by atoms with E-state index in [1.165, 1.54) is 12.1 Å². The van der Waals surface area contributed by atoms with Crippen molar-refractivity contribution < 1.29 is 26.7 Å². The Kier molecular flexibility index (Phi) is 6.46. The van der Waals surface area contributed by atoms with Gasteiger partial charge in [-0.3, -0.25) is 0 Å². The molecular weight excluding hydrogens is 402 g/mol. The monoisotopic (exact) mass is 426 g/mol. The van der Waals surface area contributed by atoms with Gasteiger partial charge in [0.15, 0.2) is 0 Å². The number of sulfone groups is 1. The van der Waals surface area contributed by atoms with Crippen LogP contribution < -0.4 is 19.7 Å². The highest BCUT2D eigenvalue weighted by atomic mass is 32.2. The number of hydrogen-bond acceptors (Lipinski definition) is 6. The highest BCUT2D eigenvalue weighted by molar-refractivity contribution is 7.91. The summed E-state index contributed by atoms with van der Waals surface area (Å²) in [7, 11) is -1.35. The van der Waals surface area contributed by atoms with E-state index in [4.69, 9.17) is 9.47 Å². The Morgan fingerprint density at radius 2 is 1.55 bits per heavy atom. The van der Waals surface area contributed by atoms with Gasteiger partial charge >= 0.3 is 5.76 Å². The summed E-state index contributed by atoms with van der Waals surface area (Å²) in [6, 6.07) is 11.5. The molecule has 0 saturated carbocycles. The maximum atomic E-state index is 12.6. The summed E-state index contributed by atoms with van der Waals surface area (Å²) in [5.74, 6) is -1.99. The SMILES string of the molecule is COc1cc(NC2CCN(c3ccc(S(=O)(=O)C(F)F)cc3)CC2)cc(OC)c1. The normalized spacial score (nSPS) is 15.4. The first-order valence-corrected chi connectivity index (χ1v) is 10.7. The Hall–Kier alpha value is -2.55. The van der Waals surface area contributed by atoms with Crippen molar-refractivity contribution in [3.63, 3.8) is 0 Å². The maximum Gasteiger partial charge on any atom is 0.341 e. The second-order valence-electron chi connectivity index (χ2n) is 6.81. The van der Waals surface area contributed by atoms with Gasteiger partial charge in [0.1, 0.15) is 11.5 Å². The van der Waals surface area contributed by atoms with Crippen molar-refractivity contribution in [1.29, 1.82) is 0 Å². The second kappa shape index (κ2) is 8.86. The highest BCUT2D eigenvalue weighted by Gasteiger charge is 2.27. The zero-order chi connectivity index (χ0) is 21.0. The molecule has 0 atom stereocenters. The van der Waals surface area contributed by atoms with Crippen LogP contribution in [0.1, 0.15) is 12.8 Å². The van der Waals surface area contributed by atoms with Gasteiger partial charge in [-0.15, -0.1) is 0 Å². The molecule has 29 heavy (non-hydrogen) atoms. The van der Waals surface area contributed by atoms with Gasteiger partial charge in [0, 0.05) is 48.7 Å². The largest absolute Gasteiger partial charge is 0.497 e. The van der Waals surface area contributed by atoms with Crippen molar-refractivity contribution in [2.24, 2.45) is 0 Å². The first kappa shape index (κ1) is 21.2. The van der Waals surface area contributed by atoms with E-state index in [1.54, 1.807) is 26.4 Å². The fraction of sp³-hybridized carbons (Fsp3) is 0.400. The zero-order valence-electron chi connectivity index (χ0n) is 16.3. The molecular formula is C20H24F2N2O4S. The number of hydrogen-bond donors (Lipinski definition) is 1. The highest BCUT2D eigenvalue weighted by Crippen LogP contribution is 2.29. The van der Waals surface area contributed by atoms with E-state index in [9.17, 15) is 17.2 Å². The summed E-state index contributed by atoms with van der Waals surface area (Å²) in [6.45, 7) is 1.53. The Bertz CT molecular complexity index is 906. The zero-order valence-corrected chi connectivity index (χ0v) is 17.1. The van der Waals surface area contributed by atoms with Crippen molar-refractivity contribution in [2.75, 3.05) is 37.5 Å². The molecule has 1 fully saturated rings. The van der Waals surface area contributed by atoms with Crippen LogP contribution in [0.5, 0.6) is 11.5 Å². The van der Waals surface area contributed by atoms with Crippen molar-refractivity contribution >= 4 is 21.2 Å². The molecule has 1 aliphatic rings. The molecule has 0 aliphatic carbocycles. The molecule has 2 aromatic rings. The van der Waals surface area contributed by atoms with Gasteiger partial charge in [0.25, 0.3) is 0 Å². The number of anilines is 2. The first-order chi connectivity index (χ1) is 13.8. The molecule has 1 aliphatic heterocycles. The van der Waals surface area contributed by atoms with Crippen LogP contribution in [0.4, 0.5) is 20.2 Å². The summed E-state index contributed by atoms with van der Waals surface area (Å²) < 4.78 is 59.0. The Balaban J connectivity index is 1.61. The minimum atomic E-state index is -4.56. The van der Waals surface area contributed by atoms with E-state index < -0.39 is 15.6 Å². The third kappa shape index (κ3) is 4.90. The third-order valence-electron chi connectivity index (χ3n) is 4.98. The Morgan fingerprint density at radius 1 is 1.00 bits per heavy atom. The minimum Gasteiger partial charge on any atom is -0.497 e. The molecule has 158 valence electrons. The summed E-state index contributed by atoms with van der Waals surface area (Å²) >= 11 is 0. The van der Waals surface area contributed by atoms with E-state index in [0.717, 1.165) is 37.3 Å². The average Bonchev–Trinajstić information content (AvgIpc) is 2.74. The molecule has 0 spiro atoms. The molecule has 9 heteroatoms. The second-order valence-corrected chi connectivity index (χ2v) is 8.72. The summed E-state index contributed by atoms with van der Waals surface area (Å²) in [4.78, 5) is 1.75. The lowest BCUT2D eigenvalue weighted by molar-refractivity contribution is 0.234. The first-order valence-electron chi connectivity index (χ1n) is 9.20. The predicted octanol–water partition coefficient (Wildman–Crippen LogP) is 3.78. The minimum absolute atomic E-state index is 0.265. The Morgan fingerprint density at radius 3 is 2.03 bits per heavy atom. The van der Waals surface area contributed by atoms with Crippen LogP contribution in [0.2, 0.25) is 0 Å².